The molecule has 0 aromatic heterocycles. The molecule has 7 heteroatoms. The van der Waals surface area contributed by atoms with Gasteiger partial charge in [-0.2, -0.15) is 5.26 Å². The number of morpholine rings is 1. The van der Waals surface area contributed by atoms with Crippen LogP contribution in [-0.4, -0.2) is 60.1 Å². The van der Waals surface area contributed by atoms with Crippen LogP contribution in [0.2, 0.25) is 0 Å². The van der Waals surface area contributed by atoms with Crippen LogP contribution in [0.15, 0.2) is 60.7 Å². The van der Waals surface area contributed by atoms with E-state index in [2.05, 4.69) is 6.07 Å². The van der Waals surface area contributed by atoms with E-state index in [0.717, 1.165) is 33.4 Å². The van der Waals surface area contributed by atoms with Gasteiger partial charge in [-0.15, -0.1) is 0 Å². The molecule has 3 aromatic rings. The number of aryl methyl sites for hydroxylation is 1. The Morgan fingerprint density at radius 3 is 2.68 bits per heavy atom. The average molecular weight is 499 g/mol. The first kappa shape index (κ1) is 26.1. The van der Waals surface area contributed by atoms with Gasteiger partial charge in [-0.3, -0.25) is 9.69 Å². The van der Waals surface area contributed by atoms with Crippen LogP contribution in [0.5, 0.6) is 5.75 Å². The van der Waals surface area contributed by atoms with E-state index in [1.807, 2.05) is 84.6 Å². The standard InChI is InChI=1S/C30H30N2O5/c1-21-16-29(37-15-13-33)25(19-32-12-14-36-20-28(32)30(34)35)17-24(21)11-10-23-8-5-9-26(27(23)18-31)22-6-3-2-4-7-22/h2-11,16-17,28,33H,12-15,19-20H2,1H3,(H,34,35)/b11-10+/t28-/m0/s1. The van der Waals surface area contributed by atoms with E-state index in [-0.39, 0.29) is 19.8 Å². The van der Waals surface area contributed by atoms with Gasteiger partial charge in [-0.1, -0.05) is 60.7 Å². The van der Waals surface area contributed by atoms with E-state index >= 15 is 0 Å². The predicted octanol–water partition coefficient (Wildman–Crippen LogP) is 4.36. The third-order valence-electron chi connectivity index (χ3n) is 6.43. The summed E-state index contributed by atoms with van der Waals surface area (Å²) in [5, 5.41) is 28.9. The monoisotopic (exact) mass is 498 g/mol. The van der Waals surface area contributed by atoms with Crippen molar-refractivity contribution in [3.8, 4) is 22.9 Å². The molecule has 1 heterocycles. The topological polar surface area (TPSA) is 103 Å². The van der Waals surface area contributed by atoms with Gasteiger partial charge in [0.25, 0.3) is 0 Å². The predicted molar refractivity (Wildman–Crippen MR) is 142 cm³/mol. The van der Waals surface area contributed by atoms with Gasteiger partial charge in [-0.05, 0) is 41.3 Å². The second kappa shape index (κ2) is 12.3. The summed E-state index contributed by atoms with van der Waals surface area (Å²) in [6.07, 6.45) is 3.90. The highest BCUT2D eigenvalue weighted by atomic mass is 16.5. The highest BCUT2D eigenvalue weighted by molar-refractivity contribution is 5.81. The molecule has 37 heavy (non-hydrogen) atoms. The maximum atomic E-state index is 11.8. The number of benzene rings is 3. The van der Waals surface area contributed by atoms with Crippen LogP contribution in [-0.2, 0) is 16.1 Å². The zero-order valence-corrected chi connectivity index (χ0v) is 20.8. The normalized spacial score (nSPS) is 16.0. The van der Waals surface area contributed by atoms with Gasteiger partial charge in [0, 0.05) is 24.2 Å². The summed E-state index contributed by atoms with van der Waals surface area (Å²) in [5.41, 5.74) is 5.99. The summed E-state index contributed by atoms with van der Waals surface area (Å²) in [6.45, 7) is 3.45. The Balaban J connectivity index is 1.68. The molecule has 0 bridgehead atoms. The van der Waals surface area contributed by atoms with E-state index in [0.29, 0.717) is 31.0 Å². The first-order valence-corrected chi connectivity index (χ1v) is 12.2. The van der Waals surface area contributed by atoms with Crippen molar-refractivity contribution >= 4 is 18.1 Å². The van der Waals surface area contributed by atoms with Crippen molar-refractivity contribution in [1.82, 2.24) is 4.90 Å². The summed E-state index contributed by atoms with van der Waals surface area (Å²) < 4.78 is 11.2. The van der Waals surface area contributed by atoms with E-state index in [1.165, 1.54) is 0 Å². The lowest BCUT2D eigenvalue weighted by Gasteiger charge is -2.33. The van der Waals surface area contributed by atoms with Crippen molar-refractivity contribution in [2.75, 3.05) is 33.0 Å². The van der Waals surface area contributed by atoms with Crippen molar-refractivity contribution in [2.45, 2.75) is 19.5 Å². The van der Waals surface area contributed by atoms with Crippen LogP contribution >= 0.6 is 0 Å². The van der Waals surface area contributed by atoms with Gasteiger partial charge in [0.15, 0.2) is 0 Å². The number of rotatable bonds is 9. The second-order valence-corrected chi connectivity index (χ2v) is 8.87. The summed E-state index contributed by atoms with van der Waals surface area (Å²) in [7, 11) is 0. The number of nitriles is 1. The number of hydrogen-bond acceptors (Lipinski definition) is 6. The lowest BCUT2D eigenvalue weighted by molar-refractivity contribution is -0.150. The smallest absolute Gasteiger partial charge is 0.323 e. The van der Waals surface area contributed by atoms with Crippen LogP contribution in [0.25, 0.3) is 23.3 Å². The lowest BCUT2D eigenvalue weighted by Crippen LogP contribution is -2.49. The number of aliphatic hydroxyl groups excluding tert-OH is 1. The molecule has 4 rings (SSSR count). The maximum Gasteiger partial charge on any atom is 0.323 e. The van der Waals surface area contributed by atoms with Gasteiger partial charge in [0.05, 0.1) is 25.4 Å². The summed E-state index contributed by atoms with van der Waals surface area (Å²) in [6, 6.07) is 21.1. The molecule has 1 saturated heterocycles. The van der Waals surface area contributed by atoms with E-state index < -0.39 is 12.0 Å². The Morgan fingerprint density at radius 2 is 1.95 bits per heavy atom. The van der Waals surface area contributed by atoms with Gasteiger partial charge in [-0.25, -0.2) is 0 Å². The molecule has 0 unspecified atom stereocenters. The molecule has 0 saturated carbocycles. The number of nitrogens with zero attached hydrogens (tertiary/aromatic N) is 2. The fourth-order valence-corrected chi connectivity index (χ4v) is 4.48. The van der Waals surface area contributed by atoms with Crippen molar-refractivity contribution < 1.29 is 24.5 Å². The Bertz CT molecular complexity index is 1310. The molecule has 3 aromatic carbocycles. The zero-order chi connectivity index (χ0) is 26.2. The van der Waals surface area contributed by atoms with Crippen LogP contribution in [0, 0.1) is 18.3 Å². The molecule has 1 fully saturated rings. The fraction of sp³-hybridized carbons (Fsp3) is 0.267. The van der Waals surface area contributed by atoms with Crippen LogP contribution in [0.4, 0.5) is 0 Å². The third-order valence-corrected chi connectivity index (χ3v) is 6.43. The van der Waals surface area contributed by atoms with Crippen molar-refractivity contribution in [1.29, 1.82) is 5.26 Å². The first-order chi connectivity index (χ1) is 18.0. The highest BCUT2D eigenvalue weighted by Crippen LogP contribution is 2.30. The Kier molecular flexibility index (Phi) is 8.70. The number of carboxylic acids is 1. The third kappa shape index (κ3) is 6.25. The van der Waals surface area contributed by atoms with E-state index in [4.69, 9.17) is 9.47 Å². The number of aliphatic carboxylic acids is 1. The minimum atomic E-state index is -0.924. The highest BCUT2D eigenvalue weighted by Gasteiger charge is 2.30. The number of carbonyl (C=O) groups is 1. The molecule has 190 valence electrons. The maximum absolute atomic E-state index is 11.8. The fourth-order valence-electron chi connectivity index (χ4n) is 4.48. The van der Waals surface area contributed by atoms with Crippen molar-refractivity contribution in [2.24, 2.45) is 0 Å². The lowest BCUT2D eigenvalue weighted by atomic mass is 9.95. The second-order valence-electron chi connectivity index (χ2n) is 8.87. The number of hydrogen-bond donors (Lipinski definition) is 2. The van der Waals surface area contributed by atoms with Crippen LogP contribution in [0.3, 0.4) is 0 Å². The number of aliphatic hydroxyl groups is 1. The number of carboxylic acid groups (broad SMARTS) is 1. The van der Waals surface area contributed by atoms with Crippen LogP contribution in [0.1, 0.15) is 27.8 Å². The summed E-state index contributed by atoms with van der Waals surface area (Å²) in [5.74, 6) is -0.310. The van der Waals surface area contributed by atoms with Gasteiger partial charge >= 0.3 is 5.97 Å². The average Bonchev–Trinajstić information content (AvgIpc) is 2.92. The first-order valence-electron chi connectivity index (χ1n) is 12.2. The van der Waals surface area contributed by atoms with Gasteiger partial charge in [0.2, 0.25) is 0 Å². The molecular formula is C30H30N2O5. The minimum absolute atomic E-state index is 0.121. The molecule has 0 aliphatic carbocycles. The molecule has 0 radical (unpaired) electrons. The largest absolute Gasteiger partial charge is 0.491 e. The molecule has 0 amide bonds. The molecule has 7 nitrogen and oxygen atoms in total. The van der Waals surface area contributed by atoms with E-state index in [1.54, 1.807) is 0 Å². The molecular weight excluding hydrogens is 468 g/mol. The summed E-state index contributed by atoms with van der Waals surface area (Å²) in [4.78, 5) is 13.6. The van der Waals surface area contributed by atoms with Crippen molar-refractivity contribution in [3.63, 3.8) is 0 Å². The zero-order valence-electron chi connectivity index (χ0n) is 20.8. The minimum Gasteiger partial charge on any atom is -0.491 e. The van der Waals surface area contributed by atoms with E-state index in [9.17, 15) is 20.3 Å². The molecule has 2 N–H and O–H groups in total. The van der Waals surface area contributed by atoms with Crippen LogP contribution < -0.4 is 4.74 Å². The quantitative estimate of drug-likeness (QED) is 0.423. The van der Waals surface area contributed by atoms with Crippen molar-refractivity contribution in [3.05, 3.63) is 88.5 Å². The SMILES string of the molecule is Cc1cc(OCCO)c(CN2CCOC[C@H]2C(=O)O)cc1/C=C/c1cccc(-c2ccccc2)c1C#N. The number of ether oxygens (including phenoxy) is 2. The molecule has 1 atom stereocenters. The van der Waals surface area contributed by atoms with Gasteiger partial charge in [0.1, 0.15) is 24.5 Å². The Hall–Kier alpha value is -3.96. The Morgan fingerprint density at radius 1 is 1.16 bits per heavy atom. The Labute approximate surface area is 216 Å². The molecule has 1 aliphatic rings. The molecule has 1 aliphatic heterocycles. The molecule has 0 spiro atoms. The summed E-state index contributed by atoms with van der Waals surface area (Å²) >= 11 is 0. The van der Waals surface area contributed by atoms with Gasteiger partial charge < -0.3 is 19.7 Å².